The summed E-state index contributed by atoms with van der Waals surface area (Å²) in [6.07, 6.45) is 13.3. The Balaban J connectivity index is 1.92. The van der Waals surface area contributed by atoms with Crippen molar-refractivity contribution >= 4 is 15.9 Å². The van der Waals surface area contributed by atoms with E-state index in [9.17, 15) is 0 Å². The van der Waals surface area contributed by atoms with Gasteiger partial charge in [-0.1, -0.05) is 49.0 Å². The average molecular weight is 301 g/mol. The van der Waals surface area contributed by atoms with Gasteiger partial charge in [0.05, 0.1) is 0 Å². The summed E-state index contributed by atoms with van der Waals surface area (Å²) in [6, 6.07) is 0. The molecule has 0 spiro atoms. The fourth-order valence-corrected chi connectivity index (χ4v) is 5.28. The Labute approximate surface area is 116 Å². The molecular weight excluding hydrogens is 272 g/mol. The Morgan fingerprint density at radius 1 is 1.18 bits per heavy atom. The number of alkyl halides is 1. The fourth-order valence-electron chi connectivity index (χ4n) is 4.37. The van der Waals surface area contributed by atoms with Crippen LogP contribution in [0.25, 0.3) is 0 Å². The summed E-state index contributed by atoms with van der Waals surface area (Å²) in [5, 5.41) is 1.23. The summed E-state index contributed by atoms with van der Waals surface area (Å²) in [4.78, 5) is 0. The van der Waals surface area contributed by atoms with Gasteiger partial charge < -0.3 is 0 Å². The topological polar surface area (TPSA) is 0 Å². The minimum Gasteiger partial charge on any atom is -0.0922 e. The number of rotatable bonds is 7. The highest BCUT2D eigenvalue weighted by atomic mass is 79.9. The number of hydrogen-bond donors (Lipinski definition) is 0. The van der Waals surface area contributed by atoms with Gasteiger partial charge in [-0.15, -0.1) is 0 Å². The van der Waals surface area contributed by atoms with Crippen LogP contribution in [0.2, 0.25) is 0 Å². The molecule has 4 unspecified atom stereocenters. The van der Waals surface area contributed by atoms with Crippen molar-refractivity contribution in [2.75, 3.05) is 5.33 Å². The maximum atomic E-state index is 3.82. The minimum absolute atomic E-state index is 0.616. The van der Waals surface area contributed by atoms with Gasteiger partial charge in [0, 0.05) is 5.33 Å². The monoisotopic (exact) mass is 300 g/mol. The van der Waals surface area contributed by atoms with Gasteiger partial charge in [0.2, 0.25) is 0 Å². The Morgan fingerprint density at radius 3 is 2.47 bits per heavy atom. The van der Waals surface area contributed by atoms with E-state index < -0.39 is 0 Å². The van der Waals surface area contributed by atoms with E-state index in [2.05, 4.69) is 29.8 Å². The number of halogens is 1. The Morgan fingerprint density at radius 2 is 2.00 bits per heavy atom. The molecule has 4 atom stereocenters. The summed E-state index contributed by atoms with van der Waals surface area (Å²) >= 11 is 3.82. The SMILES string of the molecule is CCCCC(CC)(CBr)CC1CC2CCC1C2. The maximum absolute atomic E-state index is 3.82. The number of unbranched alkanes of at least 4 members (excludes halogenated alkanes) is 1. The maximum Gasteiger partial charge on any atom is 0.00879 e. The first-order valence-electron chi connectivity index (χ1n) is 7.79. The fraction of sp³-hybridized carbons (Fsp3) is 1.00. The zero-order valence-electron chi connectivity index (χ0n) is 11.7. The molecule has 1 heteroatoms. The van der Waals surface area contributed by atoms with Crippen molar-refractivity contribution in [3.05, 3.63) is 0 Å². The van der Waals surface area contributed by atoms with Crippen molar-refractivity contribution in [1.82, 2.24) is 0 Å². The molecule has 17 heavy (non-hydrogen) atoms. The quantitative estimate of drug-likeness (QED) is 0.522. The molecule has 0 amide bonds. The minimum atomic E-state index is 0.616. The van der Waals surface area contributed by atoms with Gasteiger partial charge in [-0.3, -0.25) is 0 Å². The van der Waals surface area contributed by atoms with E-state index in [0.29, 0.717) is 5.41 Å². The summed E-state index contributed by atoms with van der Waals surface area (Å²) in [6.45, 7) is 4.73. The largest absolute Gasteiger partial charge is 0.0922 e. The second kappa shape index (κ2) is 6.08. The molecule has 0 nitrogen and oxygen atoms in total. The molecule has 0 saturated heterocycles. The molecule has 0 aromatic carbocycles. The van der Waals surface area contributed by atoms with Crippen LogP contribution in [0.4, 0.5) is 0 Å². The first kappa shape index (κ1) is 13.9. The summed E-state index contributed by atoms with van der Waals surface area (Å²) in [5.74, 6) is 3.29. The molecule has 0 heterocycles. The van der Waals surface area contributed by atoms with E-state index in [-0.39, 0.29) is 0 Å². The molecule has 2 fully saturated rings. The third kappa shape index (κ3) is 3.08. The molecule has 2 aliphatic carbocycles. The lowest BCUT2D eigenvalue weighted by atomic mass is 9.71. The van der Waals surface area contributed by atoms with E-state index in [1.54, 1.807) is 25.7 Å². The van der Waals surface area contributed by atoms with Gasteiger partial charge in [-0.2, -0.15) is 0 Å². The van der Waals surface area contributed by atoms with Crippen molar-refractivity contribution in [2.24, 2.45) is 23.2 Å². The molecule has 0 aromatic heterocycles. The molecule has 0 aliphatic heterocycles. The molecule has 2 bridgehead atoms. The van der Waals surface area contributed by atoms with Crippen molar-refractivity contribution in [1.29, 1.82) is 0 Å². The zero-order chi connectivity index (χ0) is 12.3. The number of fused-ring (bicyclic) bond motifs is 2. The van der Waals surface area contributed by atoms with Crippen molar-refractivity contribution in [3.8, 4) is 0 Å². The lowest BCUT2D eigenvalue weighted by Crippen LogP contribution is -2.27. The van der Waals surface area contributed by atoms with Gasteiger partial charge in [0.15, 0.2) is 0 Å². The van der Waals surface area contributed by atoms with Crippen LogP contribution in [0.3, 0.4) is 0 Å². The molecule has 0 N–H and O–H groups in total. The predicted molar refractivity (Wildman–Crippen MR) is 79.6 cm³/mol. The first-order valence-corrected chi connectivity index (χ1v) is 8.91. The standard InChI is InChI=1S/C16H29Br/c1-3-5-8-16(4-2,12-17)11-15-10-13-6-7-14(15)9-13/h13-15H,3-12H2,1-2H3. The van der Waals surface area contributed by atoms with Crippen molar-refractivity contribution in [2.45, 2.75) is 71.6 Å². The van der Waals surface area contributed by atoms with E-state index in [4.69, 9.17) is 0 Å². The average Bonchev–Trinajstić information content (AvgIpc) is 2.96. The molecule has 100 valence electrons. The third-order valence-electron chi connectivity index (χ3n) is 5.67. The molecule has 0 radical (unpaired) electrons. The second-order valence-corrected chi connectivity index (χ2v) is 7.29. The summed E-state index contributed by atoms with van der Waals surface area (Å²) in [7, 11) is 0. The zero-order valence-corrected chi connectivity index (χ0v) is 13.3. The van der Waals surface area contributed by atoms with Crippen LogP contribution in [0.15, 0.2) is 0 Å². The second-order valence-electron chi connectivity index (χ2n) is 6.73. The summed E-state index contributed by atoms with van der Waals surface area (Å²) < 4.78 is 0. The van der Waals surface area contributed by atoms with Gasteiger partial charge in [-0.05, 0) is 61.7 Å². The van der Waals surface area contributed by atoms with Crippen LogP contribution in [0.1, 0.15) is 71.6 Å². The van der Waals surface area contributed by atoms with Gasteiger partial charge in [-0.25, -0.2) is 0 Å². The molecular formula is C16H29Br. The van der Waals surface area contributed by atoms with Crippen LogP contribution in [-0.2, 0) is 0 Å². The van der Waals surface area contributed by atoms with Crippen LogP contribution in [0.5, 0.6) is 0 Å². The van der Waals surface area contributed by atoms with Crippen LogP contribution in [0, 0.1) is 23.2 Å². The lowest BCUT2D eigenvalue weighted by molar-refractivity contribution is 0.174. The third-order valence-corrected chi connectivity index (χ3v) is 6.86. The predicted octanol–water partition coefficient (Wildman–Crippen LogP) is 5.79. The molecule has 2 rings (SSSR count). The first-order chi connectivity index (χ1) is 8.23. The van der Waals surface area contributed by atoms with Gasteiger partial charge >= 0.3 is 0 Å². The molecule has 2 saturated carbocycles. The molecule has 0 aromatic rings. The van der Waals surface area contributed by atoms with Crippen molar-refractivity contribution < 1.29 is 0 Å². The highest BCUT2D eigenvalue weighted by molar-refractivity contribution is 9.09. The van der Waals surface area contributed by atoms with Crippen LogP contribution < -0.4 is 0 Å². The van der Waals surface area contributed by atoms with E-state index >= 15 is 0 Å². The summed E-state index contributed by atoms with van der Waals surface area (Å²) in [5.41, 5.74) is 0.616. The van der Waals surface area contributed by atoms with E-state index in [1.807, 2.05) is 0 Å². The van der Waals surface area contributed by atoms with Crippen LogP contribution in [-0.4, -0.2) is 5.33 Å². The Bertz CT molecular complexity index is 232. The normalized spacial score (nSPS) is 35.1. The number of hydrogen-bond acceptors (Lipinski definition) is 0. The van der Waals surface area contributed by atoms with Gasteiger partial charge in [0.1, 0.15) is 0 Å². The van der Waals surface area contributed by atoms with Crippen LogP contribution >= 0.6 is 15.9 Å². The Hall–Kier alpha value is 0.480. The van der Waals surface area contributed by atoms with E-state index in [1.165, 1.54) is 37.4 Å². The van der Waals surface area contributed by atoms with Crippen molar-refractivity contribution in [3.63, 3.8) is 0 Å². The van der Waals surface area contributed by atoms with Gasteiger partial charge in [0.25, 0.3) is 0 Å². The highest BCUT2D eigenvalue weighted by Gasteiger charge is 2.42. The smallest absolute Gasteiger partial charge is 0.00879 e. The lowest BCUT2D eigenvalue weighted by Gasteiger charge is -2.36. The molecule has 2 aliphatic rings. The van der Waals surface area contributed by atoms with E-state index in [0.717, 1.165) is 17.8 Å². The highest BCUT2D eigenvalue weighted by Crippen LogP contribution is 2.53. The Kier molecular flexibility index (Phi) is 4.97.